The first-order valence-corrected chi connectivity index (χ1v) is 9.54. The number of aromatic amines is 1. The molecule has 9 nitrogen and oxygen atoms in total. The highest BCUT2D eigenvalue weighted by atomic mass is 32.1. The van der Waals surface area contributed by atoms with Crippen LogP contribution in [0.3, 0.4) is 0 Å². The number of nitrogens with one attached hydrogen (secondary N) is 1. The summed E-state index contributed by atoms with van der Waals surface area (Å²) in [6, 6.07) is -0.326. The summed E-state index contributed by atoms with van der Waals surface area (Å²) in [4.78, 5) is 42.6. The smallest absolute Gasteiger partial charge is 0.264 e. The molecule has 10 heteroatoms. The second-order valence-corrected chi connectivity index (χ2v) is 7.48. The van der Waals surface area contributed by atoms with Gasteiger partial charge in [-0.2, -0.15) is 4.98 Å². The van der Waals surface area contributed by atoms with E-state index in [0.717, 1.165) is 24.3 Å². The predicted molar refractivity (Wildman–Crippen MR) is 97.4 cm³/mol. The molecule has 1 aliphatic rings. The van der Waals surface area contributed by atoms with Gasteiger partial charge in [0, 0.05) is 18.1 Å². The van der Waals surface area contributed by atoms with E-state index in [9.17, 15) is 9.59 Å². The van der Waals surface area contributed by atoms with Crippen molar-refractivity contribution < 1.29 is 9.32 Å². The van der Waals surface area contributed by atoms with Gasteiger partial charge in [0.15, 0.2) is 11.6 Å². The van der Waals surface area contributed by atoms with Gasteiger partial charge in [-0.1, -0.05) is 5.16 Å². The monoisotopic (exact) mass is 386 g/mol. The van der Waals surface area contributed by atoms with Crippen LogP contribution in [0.25, 0.3) is 11.5 Å². The molecule has 0 bridgehead atoms. The summed E-state index contributed by atoms with van der Waals surface area (Å²) >= 11 is 1.47. The average Bonchev–Trinajstić information content (AvgIpc) is 3.29. The molecule has 0 unspecified atom stereocenters. The number of H-pyrrole nitrogens is 1. The van der Waals surface area contributed by atoms with Crippen LogP contribution < -0.4 is 5.56 Å². The Morgan fingerprint density at radius 2 is 2.19 bits per heavy atom. The van der Waals surface area contributed by atoms with Crippen molar-refractivity contribution in [2.75, 3.05) is 6.54 Å². The van der Waals surface area contributed by atoms with E-state index < -0.39 is 5.56 Å². The van der Waals surface area contributed by atoms with E-state index in [-0.39, 0.29) is 17.5 Å². The lowest BCUT2D eigenvalue weighted by Gasteiger charge is -2.33. The SMILES string of the molecule is Cc1noc([C@@H]2CCCCN2C(=O)c2cnc(-c3csc(C)n3)[nH]c2=O)n1. The summed E-state index contributed by atoms with van der Waals surface area (Å²) in [5.41, 5.74) is 0.0984. The Hall–Kier alpha value is -2.88. The standard InChI is InChI=1S/C17H18N6O3S/c1-9-19-16(26-22-9)13-5-3-4-6-23(13)17(25)11-7-18-14(21-15(11)24)12-8-27-10(2)20-12/h7-8,13H,3-6H2,1-2H3,(H,18,21,24)/t13-/m0/s1. The van der Waals surface area contributed by atoms with Gasteiger partial charge in [-0.3, -0.25) is 9.59 Å². The fraction of sp³-hybridized carbons (Fsp3) is 0.412. The van der Waals surface area contributed by atoms with E-state index in [1.165, 1.54) is 17.5 Å². The first kappa shape index (κ1) is 17.5. The molecule has 1 amide bonds. The number of piperidine rings is 1. The van der Waals surface area contributed by atoms with Crippen molar-refractivity contribution in [3.63, 3.8) is 0 Å². The highest BCUT2D eigenvalue weighted by Gasteiger charge is 2.33. The van der Waals surface area contributed by atoms with E-state index in [4.69, 9.17) is 4.52 Å². The Kier molecular flexibility index (Phi) is 4.56. The maximum absolute atomic E-state index is 13.0. The van der Waals surface area contributed by atoms with Crippen LogP contribution in [0.2, 0.25) is 0 Å². The van der Waals surface area contributed by atoms with Crippen molar-refractivity contribution in [1.29, 1.82) is 0 Å². The summed E-state index contributed by atoms with van der Waals surface area (Å²) in [6.07, 6.45) is 3.84. The Morgan fingerprint density at radius 3 is 2.85 bits per heavy atom. The van der Waals surface area contributed by atoms with Crippen LogP contribution >= 0.6 is 11.3 Å². The Morgan fingerprint density at radius 1 is 1.33 bits per heavy atom. The van der Waals surface area contributed by atoms with Gasteiger partial charge in [0.2, 0.25) is 5.89 Å². The van der Waals surface area contributed by atoms with Gasteiger partial charge in [-0.25, -0.2) is 9.97 Å². The van der Waals surface area contributed by atoms with Crippen LogP contribution in [-0.2, 0) is 0 Å². The van der Waals surface area contributed by atoms with Crippen LogP contribution in [0.5, 0.6) is 0 Å². The summed E-state index contributed by atoms with van der Waals surface area (Å²) < 4.78 is 5.27. The molecule has 0 spiro atoms. The number of thiazole rings is 1. The number of carbonyl (C=O) groups is 1. The van der Waals surface area contributed by atoms with Gasteiger partial charge in [0.05, 0.1) is 5.01 Å². The zero-order valence-electron chi connectivity index (χ0n) is 14.9. The second-order valence-electron chi connectivity index (χ2n) is 6.42. The predicted octanol–water partition coefficient (Wildman–Crippen LogP) is 2.26. The van der Waals surface area contributed by atoms with Crippen molar-refractivity contribution in [1.82, 2.24) is 30.0 Å². The highest BCUT2D eigenvalue weighted by Crippen LogP contribution is 2.30. The molecule has 0 aromatic carbocycles. The molecule has 1 saturated heterocycles. The van der Waals surface area contributed by atoms with Crippen molar-refractivity contribution in [3.8, 4) is 11.5 Å². The van der Waals surface area contributed by atoms with Gasteiger partial charge >= 0.3 is 0 Å². The maximum Gasteiger partial charge on any atom is 0.264 e. The minimum absolute atomic E-state index is 0.00570. The Bertz CT molecular complexity index is 1040. The number of carbonyl (C=O) groups excluding carboxylic acids is 1. The molecule has 0 radical (unpaired) electrons. The molecule has 1 fully saturated rings. The van der Waals surface area contributed by atoms with Crippen LogP contribution in [-0.4, -0.2) is 42.4 Å². The van der Waals surface area contributed by atoms with Gasteiger partial charge in [-0.05, 0) is 33.1 Å². The van der Waals surface area contributed by atoms with Crippen LogP contribution in [0.1, 0.15) is 52.4 Å². The zero-order chi connectivity index (χ0) is 19.0. The minimum Gasteiger partial charge on any atom is -0.337 e. The van der Waals surface area contributed by atoms with E-state index in [1.807, 2.05) is 12.3 Å². The summed E-state index contributed by atoms with van der Waals surface area (Å²) in [7, 11) is 0. The lowest BCUT2D eigenvalue weighted by molar-refractivity contribution is 0.0559. The Labute approximate surface area is 158 Å². The fourth-order valence-electron chi connectivity index (χ4n) is 3.18. The van der Waals surface area contributed by atoms with Crippen molar-refractivity contribution in [2.45, 2.75) is 39.2 Å². The van der Waals surface area contributed by atoms with Crippen molar-refractivity contribution in [2.24, 2.45) is 0 Å². The molecular formula is C17H18N6O3S. The summed E-state index contributed by atoms with van der Waals surface area (Å²) in [5, 5.41) is 6.50. The minimum atomic E-state index is -0.485. The molecule has 1 atom stereocenters. The number of aromatic nitrogens is 5. The van der Waals surface area contributed by atoms with E-state index in [1.54, 1.807) is 11.8 Å². The molecule has 1 aliphatic heterocycles. The first-order valence-electron chi connectivity index (χ1n) is 8.66. The van der Waals surface area contributed by atoms with Crippen LogP contribution in [0, 0.1) is 13.8 Å². The molecule has 4 rings (SSSR count). The van der Waals surface area contributed by atoms with Gasteiger partial charge < -0.3 is 14.4 Å². The molecule has 3 aromatic rings. The molecule has 4 heterocycles. The molecule has 1 N–H and O–H groups in total. The lowest BCUT2D eigenvalue weighted by Crippen LogP contribution is -2.41. The molecule has 0 saturated carbocycles. The third-order valence-corrected chi connectivity index (χ3v) is 5.26. The number of amides is 1. The van der Waals surface area contributed by atoms with Gasteiger partial charge in [0.25, 0.3) is 11.5 Å². The number of aryl methyl sites for hydroxylation is 2. The third kappa shape index (κ3) is 3.39. The zero-order valence-corrected chi connectivity index (χ0v) is 15.7. The Balaban J connectivity index is 1.64. The first-order chi connectivity index (χ1) is 13.0. The highest BCUT2D eigenvalue weighted by molar-refractivity contribution is 7.09. The molecular weight excluding hydrogens is 368 g/mol. The number of likely N-dealkylation sites (tertiary alicyclic amines) is 1. The normalized spacial score (nSPS) is 17.3. The molecule has 3 aromatic heterocycles. The van der Waals surface area contributed by atoms with Crippen LogP contribution in [0.4, 0.5) is 0 Å². The van der Waals surface area contributed by atoms with E-state index >= 15 is 0 Å². The van der Waals surface area contributed by atoms with Gasteiger partial charge in [0.1, 0.15) is 17.3 Å². The van der Waals surface area contributed by atoms with E-state index in [0.29, 0.717) is 29.8 Å². The van der Waals surface area contributed by atoms with Crippen molar-refractivity contribution >= 4 is 17.2 Å². The second kappa shape index (κ2) is 7.03. The van der Waals surface area contributed by atoms with Gasteiger partial charge in [-0.15, -0.1) is 11.3 Å². The summed E-state index contributed by atoms with van der Waals surface area (Å²) in [5.74, 6) is 0.888. The fourth-order valence-corrected chi connectivity index (χ4v) is 3.78. The maximum atomic E-state index is 13.0. The number of hydrogen-bond acceptors (Lipinski definition) is 8. The largest absolute Gasteiger partial charge is 0.337 e. The van der Waals surface area contributed by atoms with Crippen molar-refractivity contribution in [3.05, 3.63) is 44.2 Å². The number of rotatable bonds is 3. The average molecular weight is 386 g/mol. The topological polar surface area (TPSA) is 118 Å². The van der Waals surface area contributed by atoms with E-state index in [2.05, 4.69) is 25.1 Å². The lowest BCUT2D eigenvalue weighted by atomic mass is 10.0. The van der Waals surface area contributed by atoms with Crippen LogP contribution in [0.15, 0.2) is 20.9 Å². The molecule has 27 heavy (non-hydrogen) atoms. The number of hydrogen-bond donors (Lipinski definition) is 1. The quantitative estimate of drug-likeness (QED) is 0.733. The summed E-state index contributed by atoms with van der Waals surface area (Å²) in [6.45, 7) is 4.13. The molecule has 0 aliphatic carbocycles. The third-order valence-electron chi connectivity index (χ3n) is 4.48. The molecule has 140 valence electrons. The number of nitrogens with zero attached hydrogens (tertiary/aromatic N) is 5.